The first-order valence-corrected chi connectivity index (χ1v) is 9.85. The number of aryl methyl sites for hydroxylation is 1. The van der Waals surface area contributed by atoms with Crippen LogP contribution >= 0.6 is 22.9 Å². The van der Waals surface area contributed by atoms with E-state index in [1.54, 1.807) is 6.07 Å². The summed E-state index contributed by atoms with van der Waals surface area (Å²) in [5, 5.41) is 6.47. The highest BCUT2D eigenvalue weighted by Crippen LogP contribution is 2.27. The van der Waals surface area contributed by atoms with E-state index in [9.17, 15) is 9.59 Å². The molecule has 0 atom stereocenters. The number of nitrogens with zero attached hydrogens (tertiary/aromatic N) is 3. The molecule has 7 nitrogen and oxygen atoms in total. The van der Waals surface area contributed by atoms with Crippen molar-refractivity contribution in [2.45, 2.75) is 6.92 Å². The number of rotatable bonds is 5. The number of hydrogen-bond acceptors (Lipinski definition) is 6. The van der Waals surface area contributed by atoms with E-state index in [0.717, 1.165) is 43.1 Å². The minimum atomic E-state index is -0.303. The molecule has 2 aromatic rings. The zero-order valence-corrected chi connectivity index (χ0v) is 16.9. The Labute approximate surface area is 167 Å². The van der Waals surface area contributed by atoms with Crippen molar-refractivity contribution in [3.05, 3.63) is 39.9 Å². The molecule has 0 aliphatic carbocycles. The second-order valence-electron chi connectivity index (χ2n) is 6.54. The van der Waals surface area contributed by atoms with Gasteiger partial charge >= 0.3 is 0 Å². The molecule has 2 N–H and O–H groups in total. The number of carbonyl (C=O) groups excluding carboxylic acids is 2. The molecule has 3 rings (SSSR count). The number of benzene rings is 1. The Bertz CT molecular complexity index is 813. The molecule has 0 unspecified atom stereocenters. The summed E-state index contributed by atoms with van der Waals surface area (Å²) in [4.78, 5) is 33.5. The van der Waals surface area contributed by atoms with Crippen LogP contribution in [0.2, 0.25) is 5.02 Å². The summed E-state index contributed by atoms with van der Waals surface area (Å²) in [6.45, 7) is 5.85. The zero-order valence-electron chi connectivity index (χ0n) is 15.3. The number of amides is 2. The first-order valence-electron chi connectivity index (χ1n) is 8.65. The van der Waals surface area contributed by atoms with E-state index < -0.39 is 0 Å². The number of nitrogens with one attached hydrogen (secondary N) is 2. The normalized spacial score (nSPS) is 15.5. The molecular weight excluding hydrogens is 386 g/mol. The van der Waals surface area contributed by atoms with E-state index in [1.807, 2.05) is 19.1 Å². The van der Waals surface area contributed by atoms with Gasteiger partial charge in [-0.1, -0.05) is 35.1 Å². The van der Waals surface area contributed by atoms with E-state index >= 15 is 0 Å². The molecule has 1 aromatic heterocycles. The summed E-state index contributed by atoms with van der Waals surface area (Å²) in [5.41, 5.74) is 1.46. The zero-order chi connectivity index (χ0) is 19.4. The van der Waals surface area contributed by atoms with Gasteiger partial charge in [0, 0.05) is 26.2 Å². The average molecular weight is 408 g/mol. The van der Waals surface area contributed by atoms with Gasteiger partial charge in [0.1, 0.15) is 4.88 Å². The maximum absolute atomic E-state index is 12.4. The third-order valence-electron chi connectivity index (χ3n) is 4.40. The molecule has 9 heteroatoms. The van der Waals surface area contributed by atoms with Gasteiger partial charge < -0.3 is 15.5 Å². The maximum Gasteiger partial charge on any atom is 0.267 e. The second kappa shape index (κ2) is 8.79. The van der Waals surface area contributed by atoms with Crippen molar-refractivity contribution in [2.75, 3.05) is 50.4 Å². The second-order valence-corrected chi connectivity index (χ2v) is 7.98. The van der Waals surface area contributed by atoms with Gasteiger partial charge in [-0.2, -0.15) is 0 Å². The maximum atomic E-state index is 12.4. The quantitative estimate of drug-likeness (QED) is 0.796. The SMILES string of the molecule is Cc1cccc(Cl)c1NC(=O)c1cnc(NC(=O)CN2CCN(C)CC2)s1. The van der Waals surface area contributed by atoms with Crippen molar-refractivity contribution in [1.29, 1.82) is 0 Å². The Balaban J connectivity index is 1.56. The molecule has 0 spiro atoms. The number of hydrogen-bond donors (Lipinski definition) is 2. The molecule has 1 aromatic carbocycles. The van der Waals surface area contributed by atoms with Crippen LogP contribution in [0.1, 0.15) is 15.2 Å². The Morgan fingerprint density at radius 3 is 2.67 bits per heavy atom. The summed E-state index contributed by atoms with van der Waals surface area (Å²) >= 11 is 7.28. The standard InChI is InChI=1S/C18H22ClN5O2S/c1-12-4-3-5-13(19)16(12)22-17(26)14-10-20-18(27-14)21-15(25)11-24-8-6-23(2)7-9-24/h3-5,10H,6-9,11H2,1-2H3,(H,22,26)(H,20,21,25). The van der Waals surface area contributed by atoms with E-state index in [1.165, 1.54) is 6.20 Å². The minimum absolute atomic E-state index is 0.122. The third kappa shape index (κ3) is 5.26. The summed E-state index contributed by atoms with van der Waals surface area (Å²) < 4.78 is 0. The van der Waals surface area contributed by atoms with E-state index in [4.69, 9.17) is 11.6 Å². The Kier molecular flexibility index (Phi) is 6.43. The number of anilines is 2. The fourth-order valence-corrected chi connectivity index (χ4v) is 3.77. The van der Waals surface area contributed by atoms with E-state index in [0.29, 0.717) is 27.3 Å². The van der Waals surface area contributed by atoms with Crippen LogP contribution in [-0.4, -0.2) is 66.4 Å². The summed E-state index contributed by atoms with van der Waals surface area (Å²) in [6.07, 6.45) is 1.46. The number of piperazine rings is 1. The number of carbonyl (C=O) groups is 2. The van der Waals surface area contributed by atoms with Gasteiger partial charge in [0.15, 0.2) is 5.13 Å². The van der Waals surface area contributed by atoms with Crippen molar-refractivity contribution in [2.24, 2.45) is 0 Å². The Morgan fingerprint density at radius 2 is 1.96 bits per heavy atom. The summed E-state index contributed by atoms with van der Waals surface area (Å²) in [7, 11) is 2.07. The topological polar surface area (TPSA) is 77.6 Å². The molecule has 144 valence electrons. The van der Waals surface area contributed by atoms with Crippen LogP contribution in [0.5, 0.6) is 0 Å². The highest BCUT2D eigenvalue weighted by atomic mass is 35.5. The van der Waals surface area contributed by atoms with Crippen molar-refractivity contribution < 1.29 is 9.59 Å². The highest BCUT2D eigenvalue weighted by Gasteiger charge is 2.18. The van der Waals surface area contributed by atoms with Gasteiger partial charge in [-0.3, -0.25) is 14.5 Å². The third-order valence-corrected chi connectivity index (χ3v) is 5.63. The van der Waals surface area contributed by atoms with Gasteiger partial charge in [-0.05, 0) is 25.6 Å². The summed E-state index contributed by atoms with van der Waals surface area (Å²) in [6, 6.07) is 5.42. The van der Waals surface area contributed by atoms with Crippen LogP contribution in [0.25, 0.3) is 0 Å². The number of thiazole rings is 1. The van der Waals surface area contributed by atoms with Crippen molar-refractivity contribution in [3.8, 4) is 0 Å². The summed E-state index contributed by atoms with van der Waals surface area (Å²) in [5.74, 6) is -0.425. The van der Waals surface area contributed by atoms with Gasteiger partial charge in [0.2, 0.25) is 5.91 Å². The van der Waals surface area contributed by atoms with Crippen LogP contribution in [0, 0.1) is 6.92 Å². The molecule has 2 amide bonds. The van der Waals surface area contributed by atoms with Crippen LogP contribution in [0.15, 0.2) is 24.4 Å². The predicted molar refractivity (Wildman–Crippen MR) is 109 cm³/mol. The van der Waals surface area contributed by atoms with Crippen molar-refractivity contribution in [1.82, 2.24) is 14.8 Å². The lowest BCUT2D eigenvalue weighted by Gasteiger charge is -2.31. The van der Waals surface area contributed by atoms with Gasteiger partial charge in [-0.25, -0.2) is 4.98 Å². The fraction of sp³-hybridized carbons (Fsp3) is 0.389. The minimum Gasteiger partial charge on any atom is -0.320 e. The lowest BCUT2D eigenvalue weighted by Crippen LogP contribution is -2.47. The first-order chi connectivity index (χ1) is 12.9. The predicted octanol–water partition coefficient (Wildman–Crippen LogP) is 2.54. The van der Waals surface area contributed by atoms with Crippen molar-refractivity contribution >= 4 is 45.6 Å². The van der Waals surface area contributed by atoms with Gasteiger partial charge in [-0.15, -0.1) is 0 Å². The van der Waals surface area contributed by atoms with E-state index in [-0.39, 0.29) is 11.8 Å². The Morgan fingerprint density at radius 1 is 1.22 bits per heavy atom. The highest BCUT2D eigenvalue weighted by molar-refractivity contribution is 7.17. The largest absolute Gasteiger partial charge is 0.320 e. The van der Waals surface area contributed by atoms with Gasteiger partial charge in [0.25, 0.3) is 5.91 Å². The first kappa shape index (κ1) is 19.8. The monoisotopic (exact) mass is 407 g/mol. The molecule has 1 aliphatic heterocycles. The molecule has 1 aliphatic rings. The lowest BCUT2D eigenvalue weighted by atomic mass is 10.2. The number of halogens is 1. The van der Waals surface area contributed by atoms with Crippen LogP contribution < -0.4 is 10.6 Å². The van der Waals surface area contributed by atoms with Gasteiger partial charge in [0.05, 0.1) is 23.5 Å². The molecule has 27 heavy (non-hydrogen) atoms. The Hall–Kier alpha value is -2.00. The molecule has 2 heterocycles. The molecule has 0 saturated carbocycles. The average Bonchev–Trinajstić information content (AvgIpc) is 3.08. The number of para-hydroxylation sites is 1. The van der Waals surface area contributed by atoms with Crippen LogP contribution in [0.4, 0.5) is 10.8 Å². The van der Waals surface area contributed by atoms with Crippen LogP contribution in [-0.2, 0) is 4.79 Å². The number of likely N-dealkylation sites (N-methyl/N-ethyl adjacent to an activating group) is 1. The molecule has 0 bridgehead atoms. The van der Waals surface area contributed by atoms with Crippen LogP contribution in [0.3, 0.4) is 0 Å². The number of aromatic nitrogens is 1. The molecular formula is C18H22ClN5O2S. The molecule has 0 radical (unpaired) electrons. The smallest absolute Gasteiger partial charge is 0.267 e. The lowest BCUT2D eigenvalue weighted by molar-refractivity contribution is -0.117. The van der Waals surface area contributed by atoms with E-state index in [2.05, 4.69) is 32.5 Å². The molecule has 1 fully saturated rings. The fourth-order valence-electron chi connectivity index (χ4n) is 2.77. The molecule has 1 saturated heterocycles. The van der Waals surface area contributed by atoms with Crippen molar-refractivity contribution in [3.63, 3.8) is 0 Å².